The first-order chi connectivity index (χ1) is 7.28. The van der Waals surface area contributed by atoms with Gasteiger partial charge >= 0.3 is 102 Å². The predicted molar refractivity (Wildman–Crippen MR) is 54.6 cm³/mol. The van der Waals surface area contributed by atoms with E-state index >= 15 is 0 Å². The van der Waals surface area contributed by atoms with Gasteiger partial charge in [-0.1, -0.05) is 0 Å². The fourth-order valence-electron chi connectivity index (χ4n) is 3.24. The summed E-state index contributed by atoms with van der Waals surface area (Å²) in [6.45, 7) is 0. The standard InChI is InChI=1S/2C4H4N2S.Zn/c2*7-4-5-2-1-3-6-4;/h2*1-3H,(H,5,6,7);/q;;+4. The Morgan fingerprint density at radius 3 is 2.33 bits per heavy atom. The fourth-order valence-corrected chi connectivity index (χ4v) is 18.6. The molecular formula is C8H8N4S2Zn+4. The molecule has 0 aromatic carbocycles. The zero-order valence-electron chi connectivity index (χ0n) is 7.85. The first kappa shape index (κ1) is 8.61. The molecule has 0 unspecified atom stereocenters. The van der Waals surface area contributed by atoms with Gasteiger partial charge in [0.15, 0.2) is 0 Å². The van der Waals surface area contributed by atoms with Crippen LogP contribution in [0.1, 0.15) is 0 Å². The number of allylic oxidation sites excluding steroid dienone is 1. The van der Waals surface area contributed by atoms with E-state index < -0.39 is 15.7 Å². The monoisotopic (exact) mass is 288 g/mol. The Bertz CT molecular complexity index is 597. The van der Waals surface area contributed by atoms with Crippen molar-refractivity contribution < 1.29 is 29.0 Å². The third kappa shape index (κ3) is 0.671. The van der Waals surface area contributed by atoms with Gasteiger partial charge < -0.3 is 0 Å². The van der Waals surface area contributed by atoms with Crippen molar-refractivity contribution in [3.8, 4) is 0 Å². The average molecular weight is 290 g/mol. The Kier molecular flexibility index (Phi) is 1.39. The molecule has 1 aromatic rings. The van der Waals surface area contributed by atoms with E-state index in [-0.39, 0.29) is 0 Å². The molecule has 70 valence electrons. The predicted octanol–water partition coefficient (Wildman–Crippen LogP) is -1.00. The molecule has 1 aromatic heterocycles. The van der Waals surface area contributed by atoms with Gasteiger partial charge in [0, 0.05) is 0 Å². The Morgan fingerprint density at radius 2 is 1.87 bits per heavy atom. The molecule has 0 N–H and O–H groups in total. The first-order valence-corrected chi connectivity index (χ1v) is 11.2. The van der Waals surface area contributed by atoms with E-state index in [0.717, 1.165) is 10.3 Å². The first-order valence-electron chi connectivity index (χ1n) is 4.97. The summed E-state index contributed by atoms with van der Waals surface area (Å²) in [7, 11) is 0. The molecule has 0 aliphatic carbocycles. The van der Waals surface area contributed by atoms with Crippen LogP contribution in [0.5, 0.6) is 0 Å². The van der Waals surface area contributed by atoms with Crippen molar-refractivity contribution in [3.63, 3.8) is 0 Å². The van der Waals surface area contributed by atoms with Gasteiger partial charge in [0.25, 0.3) is 0 Å². The summed E-state index contributed by atoms with van der Waals surface area (Å²) in [5.41, 5.74) is 0. The molecule has 3 aliphatic heterocycles. The third-order valence-corrected chi connectivity index (χ3v) is 19.1. The van der Waals surface area contributed by atoms with Gasteiger partial charge in [0.2, 0.25) is 0 Å². The van der Waals surface area contributed by atoms with E-state index in [1.54, 1.807) is 0 Å². The van der Waals surface area contributed by atoms with E-state index in [1.165, 1.54) is 0 Å². The fraction of sp³-hybridized carbons (Fsp3) is 0. The minimum absolute atomic E-state index is 1.04. The van der Waals surface area contributed by atoms with Crippen LogP contribution >= 0.6 is 25.3 Å². The molecule has 0 saturated carbocycles. The topological polar surface area (TPSA) is 13.8 Å². The third-order valence-electron chi connectivity index (χ3n) is 3.92. The van der Waals surface area contributed by atoms with Crippen LogP contribution in [-0.2, 0) is 15.7 Å². The Hall–Kier alpha value is -0.517. The number of aromatic nitrogens is 2. The molecule has 0 saturated heterocycles. The summed E-state index contributed by atoms with van der Waals surface area (Å²) in [6.07, 6.45) is 10.5. The molecule has 0 radical (unpaired) electrons. The minimum atomic E-state index is -2.82. The Labute approximate surface area is 101 Å². The number of fused-ring (bicyclic) bond motifs is 2. The normalized spacial score (nSPS) is 20.3. The second kappa shape index (κ2) is 2.42. The number of thiol groups is 2. The molecule has 7 heteroatoms. The Balaban J connectivity index is 2.08. The van der Waals surface area contributed by atoms with Crippen LogP contribution in [0.15, 0.2) is 35.9 Å². The zero-order valence-corrected chi connectivity index (χ0v) is 12.6. The number of amidine groups is 1. The number of nitrogens with zero attached hydrogens (tertiary/aromatic N) is 4. The Morgan fingerprint density at radius 1 is 1.13 bits per heavy atom. The molecule has 0 fully saturated rings. The summed E-state index contributed by atoms with van der Waals surface area (Å²) < 4.78 is 9.30. The molecular weight excluding hydrogens is 282 g/mol. The summed E-state index contributed by atoms with van der Waals surface area (Å²) in [5.74, 6) is 0. The molecule has 0 atom stereocenters. The number of rotatable bonds is 0. The van der Waals surface area contributed by atoms with Crippen LogP contribution in [0.3, 0.4) is 0 Å². The SMILES string of the molecule is SC1=[N+]2C=CC=[N+]1[Zn]21[n+]2ccc[n+]1c2S. The average Bonchev–Trinajstić information content (AvgIpc) is 2.31. The number of hydrogen-bond acceptors (Lipinski definition) is 1. The van der Waals surface area contributed by atoms with Gasteiger partial charge in [-0.2, -0.15) is 0 Å². The van der Waals surface area contributed by atoms with Gasteiger partial charge in [0.1, 0.15) is 0 Å². The molecule has 15 heavy (non-hydrogen) atoms. The van der Waals surface area contributed by atoms with Crippen molar-refractivity contribution in [2.45, 2.75) is 5.16 Å². The van der Waals surface area contributed by atoms with Crippen LogP contribution in [0.4, 0.5) is 0 Å². The quantitative estimate of drug-likeness (QED) is 0.346. The van der Waals surface area contributed by atoms with E-state index in [9.17, 15) is 0 Å². The van der Waals surface area contributed by atoms with Crippen molar-refractivity contribution in [1.29, 1.82) is 0 Å². The number of hydrogen-bond donors (Lipinski definition) is 2. The van der Waals surface area contributed by atoms with Gasteiger partial charge in [-0.05, 0) is 0 Å². The van der Waals surface area contributed by atoms with Crippen molar-refractivity contribution in [2.75, 3.05) is 0 Å². The second-order valence-corrected chi connectivity index (χ2v) is 14.4. The maximum absolute atomic E-state index is 4.50. The van der Waals surface area contributed by atoms with Crippen molar-refractivity contribution in [2.24, 2.45) is 0 Å². The maximum atomic E-state index is 4.50. The summed E-state index contributed by atoms with van der Waals surface area (Å²) >= 11 is 6.17. The van der Waals surface area contributed by atoms with Crippen LogP contribution in [-0.4, -0.2) is 18.0 Å². The molecule has 4 rings (SSSR count). The van der Waals surface area contributed by atoms with Crippen molar-refractivity contribution >= 4 is 36.6 Å². The molecule has 4 nitrogen and oxygen atoms in total. The van der Waals surface area contributed by atoms with E-state index in [1.807, 2.05) is 0 Å². The van der Waals surface area contributed by atoms with Crippen molar-refractivity contribution in [3.05, 3.63) is 30.7 Å². The van der Waals surface area contributed by atoms with Crippen LogP contribution in [0, 0.1) is 0 Å². The van der Waals surface area contributed by atoms with Crippen LogP contribution in [0.2, 0.25) is 0 Å². The molecule has 4 bridgehead atoms. The molecule has 1 spiro atoms. The molecule has 3 aliphatic rings. The van der Waals surface area contributed by atoms with Gasteiger partial charge in [-0.25, -0.2) is 0 Å². The van der Waals surface area contributed by atoms with Gasteiger partial charge in [0.05, 0.1) is 0 Å². The van der Waals surface area contributed by atoms with Gasteiger partial charge in [-0.3, -0.25) is 0 Å². The summed E-state index contributed by atoms with van der Waals surface area (Å²) in [5, 5.41) is 2.08. The zero-order chi connectivity index (χ0) is 10.2. The molecule has 0 amide bonds. The van der Waals surface area contributed by atoms with E-state index in [2.05, 4.69) is 75.5 Å². The van der Waals surface area contributed by atoms with Crippen LogP contribution < -0.4 is 6.62 Å². The van der Waals surface area contributed by atoms with Gasteiger partial charge in [-0.15, -0.1) is 0 Å². The summed E-state index contributed by atoms with van der Waals surface area (Å²) in [4.78, 5) is 0. The van der Waals surface area contributed by atoms with Crippen LogP contribution in [0.25, 0.3) is 0 Å². The summed E-state index contributed by atoms with van der Waals surface area (Å²) in [6, 6.07) is 2.06. The van der Waals surface area contributed by atoms with Crippen molar-refractivity contribution in [1.82, 2.24) is 0 Å². The molecule has 4 heterocycles. The second-order valence-electron chi connectivity index (χ2n) is 4.31. The van der Waals surface area contributed by atoms with E-state index in [0.29, 0.717) is 0 Å². The van der Waals surface area contributed by atoms with E-state index in [4.69, 9.17) is 0 Å².